The van der Waals surface area contributed by atoms with Gasteiger partial charge in [0.15, 0.2) is 5.82 Å². The molecule has 5 heteroatoms. The molecule has 1 aromatic rings. The largest absolute Gasteiger partial charge is 0.377 e. The Hall–Kier alpha value is -0.870. The summed E-state index contributed by atoms with van der Waals surface area (Å²) in [6.07, 6.45) is 6.35. The normalized spacial score (nSPS) is 17.1. The van der Waals surface area contributed by atoms with Crippen LogP contribution in [0.15, 0.2) is 6.07 Å². The van der Waals surface area contributed by atoms with Crippen LogP contribution in [0.4, 0.5) is 5.82 Å². The predicted octanol–water partition coefficient (Wildman–Crippen LogP) is 3.02. The summed E-state index contributed by atoms with van der Waals surface area (Å²) in [5, 5.41) is 3.89. The van der Waals surface area contributed by atoms with Crippen LogP contribution in [-0.2, 0) is 11.3 Å². The minimum atomic E-state index is 0.389. The van der Waals surface area contributed by atoms with Gasteiger partial charge in [0, 0.05) is 19.2 Å². The fourth-order valence-corrected chi connectivity index (χ4v) is 2.39. The lowest BCUT2D eigenvalue weighted by Gasteiger charge is -2.23. The first-order valence-corrected chi connectivity index (χ1v) is 6.44. The van der Waals surface area contributed by atoms with Gasteiger partial charge in [-0.2, -0.15) is 0 Å². The van der Waals surface area contributed by atoms with Crippen molar-refractivity contribution in [1.29, 1.82) is 0 Å². The minimum Gasteiger partial charge on any atom is -0.377 e. The zero-order chi connectivity index (χ0) is 12.1. The van der Waals surface area contributed by atoms with Crippen LogP contribution < -0.4 is 5.32 Å². The molecule has 0 unspecified atom stereocenters. The SMILES string of the molecule is COCc1nc(Cl)cc(NC2CCCCC2)n1. The number of anilines is 1. The molecule has 0 amide bonds. The summed E-state index contributed by atoms with van der Waals surface area (Å²) < 4.78 is 5.02. The van der Waals surface area contributed by atoms with Gasteiger partial charge in [0.25, 0.3) is 0 Å². The molecule has 1 aliphatic rings. The van der Waals surface area contributed by atoms with E-state index >= 15 is 0 Å². The first-order valence-electron chi connectivity index (χ1n) is 6.07. The second kappa shape index (κ2) is 6.17. The molecule has 0 radical (unpaired) electrons. The molecule has 17 heavy (non-hydrogen) atoms. The van der Waals surface area contributed by atoms with Crippen molar-refractivity contribution in [1.82, 2.24) is 9.97 Å². The summed E-state index contributed by atoms with van der Waals surface area (Å²) in [6, 6.07) is 2.29. The molecule has 1 aromatic heterocycles. The van der Waals surface area contributed by atoms with Crippen LogP contribution in [-0.4, -0.2) is 23.1 Å². The fraction of sp³-hybridized carbons (Fsp3) is 0.667. The van der Waals surface area contributed by atoms with Gasteiger partial charge in [0.2, 0.25) is 0 Å². The van der Waals surface area contributed by atoms with E-state index in [0.717, 1.165) is 5.82 Å². The quantitative estimate of drug-likeness (QED) is 0.841. The van der Waals surface area contributed by atoms with Crippen molar-refractivity contribution in [3.05, 3.63) is 17.0 Å². The molecule has 1 N–H and O–H groups in total. The Morgan fingerprint density at radius 2 is 2.12 bits per heavy atom. The van der Waals surface area contributed by atoms with Crippen molar-refractivity contribution in [3.8, 4) is 0 Å². The van der Waals surface area contributed by atoms with Crippen molar-refractivity contribution < 1.29 is 4.74 Å². The lowest BCUT2D eigenvalue weighted by molar-refractivity contribution is 0.178. The van der Waals surface area contributed by atoms with Crippen LogP contribution >= 0.6 is 11.6 Å². The zero-order valence-corrected chi connectivity index (χ0v) is 10.8. The average molecular weight is 256 g/mol. The third-order valence-electron chi connectivity index (χ3n) is 2.97. The molecule has 0 spiro atoms. The molecular formula is C12H18ClN3O. The van der Waals surface area contributed by atoms with Gasteiger partial charge in [0.1, 0.15) is 17.6 Å². The van der Waals surface area contributed by atoms with Crippen LogP contribution in [0, 0.1) is 0 Å². The number of rotatable bonds is 4. The summed E-state index contributed by atoms with van der Waals surface area (Å²) in [5.41, 5.74) is 0. The van der Waals surface area contributed by atoms with E-state index in [9.17, 15) is 0 Å². The van der Waals surface area contributed by atoms with Crippen molar-refractivity contribution in [3.63, 3.8) is 0 Å². The molecule has 0 aliphatic heterocycles. The van der Waals surface area contributed by atoms with E-state index in [0.29, 0.717) is 23.6 Å². The summed E-state index contributed by atoms with van der Waals surface area (Å²) >= 11 is 5.96. The van der Waals surface area contributed by atoms with Crippen LogP contribution in [0.5, 0.6) is 0 Å². The standard InChI is InChI=1S/C12H18ClN3O/c1-17-8-12-15-10(13)7-11(16-12)14-9-5-3-2-4-6-9/h7,9H,2-6,8H2,1H3,(H,14,15,16). The van der Waals surface area contributed by atoms with Gasteiger partial charge in [-0.25, -0.2) is 9.97 Å². The molecular weight excluding hydrogens is 238 g/mol. The van der Waals surface area contributed by atoms with Crippen molar-refractivity contribution in [2.45, 2.75) is 44.8 Å². The Morgan fingerprint density at radius 1 is 1.35 bits per heavy atom. The van der Waals surface area contributed by atoms with E-state index in [1.54, 1.807) is 13.2 Å². The van der Waals surface area contributed by atoms with E-state index in [-0.39, 0.29) is 0 Å². The van der Waals surface area contributed by atoms with E-state index in [4.69, 9.17) is 16.3 Å². The number of hydrogen-bond donors (Lipinski definition) is 1. The molecule has 0 bridgehead atoms. The molecule has 4 nitrogen and oxygen atoms in total. The first kappa shape index (κ1) is 12.6. The summed E-state index contributed by atoms with van der Waals surface area (Å²) in [7, 11) is 1.62. The Labute approximate surface area is 107 Å². The zero-order valence-electron chi connectivity index (χ0n) is 10.1. The number of halogens is 1. The number of nitrogens with zero attached hydrogens (tertiary/aromatic N) is 2. The van der Waals surface area contributed by atoms with E-state index in [1.165, 1.54) is 32.1 Å². The molecule has 1 fully saturated rings. The number of methoxy groups -OCH3 is 1. The molecule has 0 atom stereocenters. The third kappa shape index (κ3) is 3.82. The lowest BCUT2D eigenvalue weighted by Crippen LogP contribution is -2.23. The highest BCUT2D eigenvalue weighted by atomic mass is 35.5. The molecule has 2 rings (SSSR count). The van der Waals surface area contributed by atoms with Crippen LogP contribution in [0.3, 0.4) is 0 Å². The molecule has 0 saturated heterocycles. The fourth-order valence-electron chi connectivity index (χ4n) is 2.19. The highest BCUT2D eigenvalue weighted by Crippen LogP contribution is 2.21. The highest BCUT2D eigenvalue weighted by molar-refractivity contribution is 6.29. The smallest absolute Gasteiger partial charge is 0.158 e. The van der Waals surface area contributed by atoms with Crippen LogP contribution in [0.1, 0.15) is 37.9 Å². The van der Waals surface area contributed by atoms with Crippen molar-refractivity contribution >= 4 is 17.4 Å². The molecule has 1 aliphatic carbocycles. The Kier molecular flexibility index (Phi) is 4.57. The van der Waals surface area contributed by atoms with Gasteiger partial charge in [-0.1, -0.05) is 30.9 Å². The number of hydrogen-bond acceptors (Lipinski definition) is 4. The Bertz CT molecular complexity index is 367. The average Bonchev–Trinajstić information content (AvgIpc) is 2.30. The van der Waals surface area contributed by atoms with Gasteiger partial charge in [-0.05, 0) is 12.8 Å². The number of nitrogens with one attached hydrogen (secondary N) is 1. The summed E-state index contributed by atoms with van der Waals surface area (Å²) in [5.74, 6) is 1.43. The van der Waals surface area contributed by atoms with Gasteiger partial charge >= 0.3 is 0 Å². The maximum Gasteiger partial charge on any atom is 0.158 e. The van der Waals surface area contributed by atoms with Crippen molar-refractivity contribution in [2.75, 3.05) is 12.4 Å². The van der Waals surface area contributed by atoms with E-state index in [1.807, 2.05) is 0 Å². The Balaban J connectivity index is 2.03. The summed E-state index contributed by atoms with van der Waals surface area (Å²) in [4.78, 5) is 8.49. The first-order chi connectivity index (χ1) is 8.28. The predicted molar refractivity (Wildman–Crippen MR) is 68.3 cm³/mol. The number of aromatic nitrogens is 2. The lowest BCUT2D eigenvalue weighted by atomic mass is 9.95. The molecule has 94 valence electrons. The highest BCUT2D eigenvalue weighted by Gasteiger charge is 2.14. The van der Waals surface area contributed by atoms with Crippen LogP contribution in [0.2, 0.25) is 5.15 Å². The Morgan fingerprint density at radius 3 is 2.82 bits per heavy atom. The molecule has 0 aromatic carbocycles. The minimum absolute atomic E-state index is 0.389. The second-order valence-corrected chi connectivity index (χ2v) is 4.79. The third-order valence-corrected chi connectivity index (χ3v) is 3.17. The van der Waals surface area contributed by atoms with E-state index in [2.05, 4.69) is 15.3 Å². The van der Waals surface area contributed by atoms with Crippen LogP contribution in [0.25, 0.3) is 0 Å². The maximum absolute atomic E-state index is 5.96. The molecule has 1 saturated carbocycles. The molecule has 1 heterocycles. The van der Waals surface area contributed by atoms with Crippen molar-refractivity contribution in [2.24, 2.45) is 0 Å². The van der Waals surface area contributed by atoms with Gasteiger partial charge in [-0.15, -0.1) is 0 Å². The summed E-state index contributed by atoms with van der Waals surface area (Å²) in [6.45, 7) is 0.389. The maximum atomic E-state index is 5.96. The number of ether oxygens (including phenoxy) is 1. The monoisotopic (exact) mass is 255 g/mol. The van der Waals surface area contributed by atoms with Gasteiger partial charge in [-0.3, -0.25) is 0 Å². The van der Waals surface area contributed by atoms with Gasteiger partial charge < -0.3 is 10.1 Å². The van der Waals surface area contributed by atoms with E-state index < -0.39 is 0 Å². The topological polar surface area (TPSA) is 47.0 Å². The van der Waals surface area contributed by atoms with Gasteiger partial charge in [0.05, 0.1) is 0 Å². The second-order valence-electron chi connectivity index (χ2n) is 4.40.